The summed E-state index contributed by atoms with van der Waals surface area (Å²) in [5, 5.41) is 4.28. The first-order valence-electron chi connectivity index (χ1n) is 6.26. The van der Waals surface area contributed by atoms with E-state index in [1.807, 2.05) is 12.1 Å². The molecular weight excluding hydrogens is 250 g/mol. The molecule has 1 aliphatic rings. The Morgan fingerprint density at radius 1 is 1.44 bits per heavy atom. The van der Waals surface area contributed by atoms with E-state index in [2.05, 4.69) is 16.1 Å². The van der Waals surface area contributed by atoms with Gasteiger partial charge in [-0.1, -0.05) is 17.7 Å². The maximum absolute atomic E-state index is 11.0. The molecule has 0 aliphatic heterocycles. The van der Waals surface area contributed by atoms with E-state index in [0.717, 1.165) is 30.8 Å². The van der Waals surface area contributed by atoms with Crippen LogP contribution in [0.4, 0.5) is 0 Å². The molecule has 0 saturated carbocycles. The number of nitrogens with one attached hydrogen (secondary N) is 1. The number of esters is 1. The Morgan fingerprint density at radius 3 is 3.00 bits per heavy atom. The van der Waals surface area contributed by atoms with Gasteiger partial charge in [-0.3, -0.25) is 4.79 Å². The Morgan fingerprint density at radius 2 is 2.22 bits per heavy atom. The van der Waals surface area contributed by atoms with Crippen molar-refractivity contribution in [3.8, 4) is 0 Å². The van der Waals surface area contributed by atoms with Crippen molar-refractivity contribution in [1.29, 1.82) is 0 Å². The first-order valence-corrected chi connectivity index (χ1v) is 6.64. The van der Waals surface area contributed by atoms with Crippen LogP contribution in [0.15, 0.2) is 18.2 Å². The van der Waals surface area contributed by atoms with E-state index in [9.17, 15) is 4.79 Å². The standard InChI is InChI=1S/C14H18ClNO2/c1-18-14(17)3-2-6-16-13-8-10-4-5-12(15)7-11(10)9-13/h4-5,7,13,16H,2-3,6,8-9H2,1H3. The minimum atomic E-state index is -0.140. The second-order valence-corrected chi connectivity index (χ2v) is 5.09. The molecule has 0 saturated heterocycles. The van der Waals surface area contributed by atoms with Crippen molar-refractivity contribution in [1.82, 2.24) is 5.32 Å². The molecule has 4 heteroatoms. The van der Waals surface area contributed by atoms with Gasteiger partial charge in [0.25, 0.3) is 0 Å². The van der Waals surface area contributed by atoms with Crippen LogP contribution in [-0.2, 0) is 22.4 Å². The molecule has 3 nitrogen and oxygen atoms in total. The molecule has 1 unspecified atom stereocenters. The summed E-state index contributed by atoms with van der Waals surface area (Å²) in [6.07, 6.45) is 3.37. The predicted molar refractivity (Wildman–Crippen MR) is 71.9 cm³/mol. The molecule has 1 atom stereocenters. The van der Waals surface area contributed by atoms with Crippen LogP contribution in [0.2, 0.25) is 5.02 Å². The lowest BCUT2D eigenvalue weighted by atomic mass is 10.1. The van der Waals surface area contributed by atoms with Gasteiger partial charge >= 0.3 is 5.97 Å². The van der Waals surface area contributed by atoms with Gasteiger partial charge < -0.3 is 10.1 Å². The first kappa shape index (κ1) is 13.4. The number of hydrogen-bond donors (Lipinski definition) is 1. The Labute approximate surface area is 112 Å². The van der Waals surface area contributed by atoms with Gasteiger partial charge in [-0.05, 0) is 49.1 Å². The molecule has 1 aliphatic carbocycles. The number of carbonyl (C=O) groups excluding carboxylic acids is 1. The van der Waals surface area contributed by atoms with Crippen LogP contribution in [0.5, 0.6) is 0 Å². The zero-order valence-corrected chi connectivity index (χ0v) is 11.3. The summed E-state index contributed by atoms with van der Waals surface area (Å²) in [5.74, 6) is -0.140. The van der Waals surface area contributed by atoms with Gasteiger partial charge in [-0.25, -0.2) is 0 Å². The zero-order valence-electron chi connectivity index (χ0n) is 10.5. The van der Waals surface area contributed by atoms with Gasteiger partial charge in [0.2, 0.25) is 0 Å². The van der Waals surface area contributed by atoms with E-state index in [4.69, 9.17) is 11.6 Å². The van der Waals surface area contributed by atoms with E-state index >= 15 is 0 Å². The monoisotopic (exact) mass is 267 g/mol. The summed E-state index contributed by atoms with van der Waals surface area (Å²) >= 11 is 5.98. The fraction of sp³-hybridized carbons (Fsp3) is 0.500. The third kappa shape index (κ3) is 3.47. The summed E-state index contributed by atoms with van der Waals surface area (Å²) in [4.78, 5) is 11.0. The van der Waals surface area contributed by atoms with Gasteiger partial charge in [0.15, 0.2) is 0 Å². The molecule has 98 valence electrons. The summed E-state index contributed by atoms with van der Waals surface area (Å²) in [7, 11) is 1.42. The molecule has 0 radical (unpaired) electrons. The van der Waals surface area contributed by atoms with Gasteiger partial charge in [0, 0.05) is 17.5 Å². The Hall–Kier alpha value is -1.06. The fourth-order valence-corrected chi connectivity index (χ4v) is 2.57. The van der Waals surface area contributed by atoms with Crippen LogP contribution in [0, 0.1) is 0 Å². The van der Waals surface area contributed by atoms with Crippen molar-refractivity contribution >= 4 is 17.6 Å². The highest BCUT2D eigenvalue weighted by molar-refractivity contribution is 6.30. The van der Waals surface area contributed by atoms with Crippen molar-refractivity contribution in [2.24, 2.45) is 0 Å². The maximum Gasteiger partial charge on any atom is 0.305 e. The van der Waals surface area contributed by atoms with Crippen LogP contribution >= 0.6 is 11.6 Å². The highest BCUT2D eigenvalue weighted by atomic mass is 35.5. The Balaban J connectivity index is 1.73. The van der Waals surface area contributed by atoms with Crippen LogP contribution in [0.3, 0.4) is 0 Å². The molecule has 1 aromatic carbocycles. The number of ether oxygens (including phenoxy) is 1. The lowest BCUT2D eigenvalue weighted by Gasteiger charge is -2.11. The van der Waals surface area contributed by atoms with Crippen molar-refractivity contribution in [2.75, 3.05) is 13.7 Å². The summed E-state index contributed by atoms with van der Waals surface area (Å²) in [6.45, 7) is 0.849. The topological polar surface area (TPSA) is 38.3 Å². The molecule has 2 rings (SSSR count). The number of hydrogen-bond acceptors (Lipinski definition) is 3. The summed E-state index contributed by atoms with van der Waals surface area (Å²) < 4.78 is 4.60. The molecule has 1 aromatic rings. The van der Waals surface area contributed by atoms with Gasteiger partial charge in [0.05, 0.1) is 7.11 Å². The molecular formula is C14H18ClNO2. The van der Waals surface area contributed by atoms with Crippen LogP contribution in [0.25, 0.3) is 0 Å². The quantitative estimate of drug-likeness (QED) is 0.657. The van der Waals surface area contributed by atoms with Crippen molar-refractivity contribution in [3.05, 3.63) is 34.3 Å². The van der Waals surface area contributed by atoms with E-state index < -0.39 is 0 Å². The van der Waals surface area contributed by atoms with Crippen LogP contribution in [-0.4, -0.2) is 25.7 Å². The molecule has 0 fully saturated rings. The smallest absolute Gasteiger partial charge is 0.305 e. The molecule has 1 N–H and O–H groups in total. The van der Waals surface area contributed by atoms with Gasteiger partial charge in [0.1, 0.15) is 0 Å². The number of fused-ring (bicyclic) bond motifs is 1. The minimum Gasteiger partial charge on any atom is -0.469 e. The SMILES string of the molecule is COC(=O)CCCNC1Cc2ccc(Cl)cc2C1. The largest absolute Gasteiger partial charge is 0.469 e. The highest BCUT2D eigenvalue weighted by Gasteiger charge is 2.20. The second kappa shape index (κ2) is 6.21. The Kier molecular flexibility index (Phi) is 4.61. The normalized spacial score (nSPS) is 17.6. The maximum atomic E-state index is 11.0. The lowest BCUT2D eigenvalue weighted by molar-refractivity contribution is -0.140. The van der Waals surface area contributed by atoms with Crippen molar-refractivity contribution in [3.63, 3.8) is 0 Å². The number of methoxy groups -OCH3 is 1. The molecule has 0 amide bonds. The van der Waals surface area contributed by atoms with E-state index in [-0.39, 0.29) is 5.97 Å². The number of halogens is 1. The number of benzene rings is 1. The first-order chi connectivity index (χ1) is 8.69. The minimum absolute atomic E-state index is 0.140. The Bertz CT molecular complexity index is 434. The van der Waals surface area contributed by atoms with Crippen molar-refractivity contribution in [2.45, 2.75) is 31.7 Å². The van der Waals surface area contributed by atoms with Crippen molar-refractivity contribution < 1.29 is 9.53 Å². The van der Waals surface area contributed by atoms with E-state index in [1.54, 1.807) is 0 Å². The summed E-state index contributed by atoms with van der Waals surface area (Å²) in [5.41, 5.74) is 2.72. The molecule has 0 heterocycles. The lowest BCUT2D eigenvalue weighted by Crippen LogP contribution is -2.30. The van der Waals surface area contributed by atoms with Gasteiger partial charge in [-0.15, -0.1) is 0 Å². The fourth-order valence-electron chi connectivity index (χ4n) is 2.37. The average molecular weight is 268 g/mol. The van der Waals surface area contributed by atoms with Gasteiger partial charge in [-0.2, -0.15) is 0 Å². The van der Waals surface area contributed by atoms with Crippen LogP contribution < -0.4 is 5.32 Å². The van der Waals surface area contributed by atoms with Crippen LogP contribution in [0.1, 0.15) is 24.0 Å². The highest BCUT2D eigenvalue weighted by Crippen LogP contribution is 2.25. The average Bonchev–Trinajstić information content (AvgIpc) is 2.76. The molecule has 18 heavy (non-hydrogen) atoms. The number of rotatable bonds is 5. The molecule has 0 bridgehead atoms. The third-order valence-corrected chi connectivity index (χ3v) is 3.55. The third-order valence-electron chi connectivity index (χ3n) is 3.32. The zero-order chi connectivity index (χ0) is 13.0. The van der Waals surface area contributed by atoms with E-state index in [0.29, 0.717) is 12.5 Å². The summed E-state index contributed by atoms with van der Waals surface area (Å²) in [6, 6.07) is 6.57. The number of carbonyl (C=O) groups is 1. The predicted octanol–water partition coefficient (Wildman–Crippen LogP) is 2.35. The van der Waals surface area contributed by atoms with E-state index in [1.165, 1.54) is 18.2 Å². The molecule has 0 spiro atoms. The second-order valence-electron chi connectivity index (χ2n) is 4.65. The molecule has 0 aromatic heterocycles.